The third-order valence-corrected chi connectivity index (χ3v) is 4.10. The zero-order valence-corrected chi connectivity index (χ0v) is 15.3. The molecule has 8 heteroatoms. The Morgan fingerprint density at radius 3 is 2.24 bits per heavy atom. The number of alkyl halides is 3. The second-order valence-electron chi connectivity index (χ2n) is 6.21. The number of aryl methyl sites for hydroxylation is 1. The van der Waals surface area contributed by atoms with Gasteiger partial charge < -0.3 is 9.88 Å². The molecule has 5 nitrogen and oxygen atoms in total. The van der Waals surface area contributed by atoms with Crippen molar-refractivity contribution >= 4 is 23.5 Å². The quantitative estimate of drug-likeness (QED) is 0.513. The first kappa shape index (κ1) is 20.1. The first-order valence-corrected chi connectivity index (χ1v) is 8.52. The van der Waals surface area contributed by atoms with Crippen LogP contribution < -0.4 is 5.32 Å². The van der Waals surface area contributed by atoms with Crippen LogP contribution in [0.3, 0.4) is 0 Å². The molecule has 3 rings (SSSR count). The number of carbonyl (C=O) groups is 2. The SMILES string of the molecule is Cn1ccnc1C(=O)c1ccc(NC(=O)/C=C/c2ccc(C(F)(F)F)cc2)cc1. The van der Waals surface area contributed by atoms with E-state index in [4.69, 9.17) is 0 Å². The largest absolute Gasteiger partial charge is 0.416 e. The lowest BCUT2D eigenvalue weighted by atomic mass is 10.1. The van der Waals surface area contributed by atoms with E-state index in [0.717, 1.165) is 12.1 Å². The van der Waals surface area contributed by atoms with Crippen LogP contribution in [0.2, 0.25) is 0 Å². The number of benzene rings is 2. The van der Waals surface area contributed by atoms with Gasteiger partial charge in [0.05, 0.1) is 5.56 Å². The highest BCUT2D eigenvalue weighted by Crippen LogP contribution is 2.29. The van der Waals surface area contributed by atoms with E-state index in [-0.39, 0.29) is 5.78 Å². The molecular formula is C21H16F3N3O2. The number of imidazole rings is 1. The van der Waals surface area contributed by atoms with Crippen molar-refractivity contribution in [2.75, 3.05) is 5.32 Å². The summed E-state index contributed by atoms with van der Waals surface area (Å²) < 4.78 is 39.3. The van der Waals surface area contributed by atoms with E-state index in [1.165, 1.54) is 30.5 Å². The van der Waals surface area contributed by atoms with E-state index in [1.54, 1.807) is 42.1 Å². The van der Waals surface area contributed by atoms with Crippen molar-refractivity contribution in [3.8, 4) is 0 Å². The fraction of sp³-hybridized carbons (Fsp3) is 0.0952. The third-order valence-electron chi connectivity index (χ3n) is 4.10. The monoisotopic (exact) mass is 399 g/mol. The fourth-order valence-electron chi connectivity index (χ4n) is 2.56. The van der Waals surface area contributed by atoms with Crippen LogP contribution >= 0.6 is 0 Å². The lowest BCUT2D eigenvalue weighted by Crippen LogP contribution is -2.10. The van der Waals surface area contributed by atoms with Gasteiger partial charge >= 0.3 is 6.18 Å². The molecule has 1 heterocycles. The Labute approximate surface area is 164 Å². The Morgan fingerprint density at radius 2 is 1.69 bits per heavy atom. The predicted molar refractivity (Wildman–Crippen MR) is 102 cm³/mol. The van der Waals surface area contributed by atoms with Crippen molar-refractivity contribution in [1.29, 1.82) is 0 Å². The van der Waals surface area contributed by atoms with Gasteiger partial charge in [0.25, 0.3) is 0 Å². The molecular weight excluding hydrogens is 383 g/mol. The second kappa shape index (κ2) is 8.14. The standard InChI is InChI=1S/C21H16F3N3O2/c1-27-13-12-25-20(27)19(29)15-5-9-17(10-6-15)26-18(28)11-4-14-2-7-16(8-3-14)21(22,23)24/h2-13H,1H3,(H,26,28)/b11-4+. The summed E-state index contributed by atoms with van der Waals surface area (Å²) in [6.07, 6.45) is 1.43. The van der Waals surface area contributed by atoms with Gasteiger partial charge in [-0.3, -0.25) is 9.59 Å². The summed E-state index contributed by atoms with van der Waals surface area (Å²) in [5.41, 5.74) is 0.615. The molecule has 0 aliphatic rings. The molecule has 0 saturated carbocycles. The highest BCUT2D eigenvalue weighted by molar-refractivity contribution is 6.07. The topological polar surface area (TPSA) is 64.0 Å². The molecule has 0 bridgehead atoms. The number of nitrogens with one attached hydrogen (secondary N) is 1. The van der Waals surface area contributed by atoms with Gasteiger partial charge in [-0.05, 0) is 48.0 Å². The van der Waals surface area contributed by atoms with Crippen LogP contribution in [-0.4, -0.2) is 21.2 Å². The molecule has 148 valence electrons. The fourth-order valence-corrected chi connectivity index (χ4v) is 2.56. The summed E-state index contributed by atoms with van der Waals surface area (Å²) in [6.45, 7) is 0. The number of aromatic nitrogens is 2. The molecule has 0 aliphatic carbocycles. The Bertz CT molecular complexity index is 1050. The molecule has 2 aromatic carbocycles. The minimum Gasteiger partial charge on any atom is -0.331 e. The van der Waals surface area contributed by atoms with E-state index in [9.17, 15) is 22.8 Å². The first-order chi connectivity index (χ1) is 13.7. The minimum absolute atomic E-state index is 0.238. The van der Waals surface area contributed by atoms with Crippen LogP contribution in [-0.2, 0) is 18.0 Å². The zero-order valence-electron chi connectivity index (χ0n) is 15.3. The Kier molecular flexibility index (Phi) is 5.63. The van der Waals surface area contributed by atoms with Gasteiger partial charge in [0.2, 0.25) is 11.7 Å². The minimum atomic E-state index is -4.40. The van der Waals surface area contributed by atoms with Gasteiger partial charge in [0, 0.05) is 36.8 Å². The van der Waals surface area contributed by atoms with Gasteiger partial charge in [0.15, 0.2) is 5.82 Å². The van der Waals surface area contributed by atoms with Crippen molar-refractivity contribution < 1.29 is 22.8 Å². The smallest absolute Gasteiger partial charge is 0.331 e. The maximum atomic E-state index is 12.5. The molecule has 1 amide bonds. The lowest BCUT2D eigenvalue weighted by molar-refractivity contribution is -0.137. The Balaban J connectivity index is 1.61. The van der Waals surface area contributed by atoms with Crippen molar-refractivity contribution in [2.24, 2.45) is 7.05 Å². The van der Waals surface area contributed by atoms with Crippen LogP contribution in [0.1, 0.15) is 27.3 Å². The second-order valence-corrected chi connectivity index (χ2v) is 6.21. The molecule has 0 fully saturated rings. The average Bonchev–Trinajstić information content (AvgIpc) is 3.12. The number of nitrogens with zero attached hydrogens (tertiary/aromatic N) is 2. The highest BCUT2D eigenvalue weighted by Gasteiger charge is 2.29. The number of amides is 1. The van der Waals surface area contributed by atoms with Gasteiger partial charge in [-0.15, -0.1) is 0 Å². The molecule has 0 radical (unpaired) electrons. The Hall–Kier alpha value is -3.68. The number of anilines is 1. The molecule has 3 aromatic rings. The molecule has 1 aromatic heterocycles. The first-order valence-electron chi connectivity index (χ1n) is 8.52. The van der Waals surface area contributed by atoms with E-state index >= 15 is 0 Å². The number of carbonyl (C=O) groups excluding carboxylic acids is 2. The zero-order chi connectivity index (χ0) is 21.0. The van der Waals surface area contributed by atoms with Crippen LogP contribution in [0.15, 0.2) is 67.0 Å². The van der Waals surface area contributed by atoms with Crippen LogP contribution in [0.5, 0.6) is 0 Å². The van der Waals surface area contributed by atoms with E-state index < -0.39 is 17.6 Å². The summed E-state index contributed by atoms with van der Waals surface area (Å²) in [6, 6.07) is 10.8. The highest BCUT2D eigenvalue weighted by atomic mass is 19.4. The van der Waals surface area contributed by atoms with Gasteiger partial charge in [-0.2, -0.15) is 13.2 Å². The van der Waals surface area contributed by atoms with Crippen LogP contribution in [0, 0.1) is 0 Å². The summed E-state index contributed by atoms with van der Waals surface area (Å²) in [7, 11) is 1.72. The molecule has 1 N–H and O–H groups in total. The van der Waals surface area contributed by atoms with Crippen molar-refractivity contribution in [1.82, 2.24) is 9.55 Å². The van der Waals surface area contributed by atoms with E-state index in [1.807, 2.05) is 0 Å². The van der Waals surface area contributed by atoms with Gasteiger partial charge in [-0.25, -0.2) is 4.98 Å². The maximum Gasteiger partial charge on any atom is 0.416 e. The summed E-state index contributed by atoms with van der Waals surface area (Å²) in [5.74, 6) is -0.382. The Morgan fingerprint density at radius 1 is 1.03 bits per heavy atom. The molecule has 0 unspecified atom stereocenters. The number of halogens is 3. The summed E-state index contributed by atoms with van der Waals surface area (Å²) in [5, 5.41) is 2.62. The molecule has 0 saturated heterocycles. The van der Waals surface area contributed by atoms with Crippen LogP contribution in [0.25, 0.3) is 6.08 Å². The number of ketones is 1. The number of hydrogen-bond acceptors (Lipinski definition) is 3. The normalized spacial score (nSPS) is 11.6. The molecule has 0 spiro atoms. The van der Waals surface area contributed by atoms with Gasteiger partial charge in [0.1, 0.15) is 0 Å². The predicted octanol–water partition coefficient (Wildman–Crippen LogP) is 4.32. The molecule has 0 aliphatic heterocycles. The maximum absolute atomic E-state index is 12.5. The summed E-state index contributed by atoms with van der Waals surface area (Å²) in [4.78, 5) is 28.4. The van der Waals surface area contributed by atoms with Crippen molar-refractivity contribution in [3.05, 3.63) is 89.5 Å². The number of hydrogen-bond donors (Lipinski definition) is 1. The third kappa shape index (κ3) is 4.98. The van der Waals surface area contributed by atoms with E-state index in [2.05, 4.69) is 10.3 Å². The van der Waals surface area contributed by atoms with Crippen molar-refractivity contribution in [2.45, 2.75) is 6.18 Å². The average molecular weight is 399 g/mol. The number of rotatable bonds is 5. The van der Waals surface area contributed by atoms with Gasteiger partial charge in [-0.1, -0.05) is 12.1 Å². The van der Waals surface area contributed by atoms with Crippen molar-refractivity contribution in [3.63, 3.8) is 0 Å². The summed E-state index contributed by atoms with van der Waals surface area (Å²) >= 11 is 0. The van der Waals surface area contributed by atoms with Crippen LogP contribution in [0.4, 0.5) is 18.9 Å². The molecule has 0 atom stereocenters. The lowest BCUT2D eigenvalue weighted by Gasteiger charge is -2.06. The molecule has 29 heavy (non-hydrogen) atoms. The van der Waals surface area contributed by atoms with E-state index in [0.29, 0.717) is 22.6 Å².